The molecule has 0 spiro atoms. The maximum atomic E-state index is 4.48. The summed E-state index contributed by atoms with van der Waals surface area (Å²) in [6.07, 6.45) is 4.19. The first-order valence-corrected chi connectivity index (χ1v) is 8.58. The van der Waals surface area contributed by atoms with Crippen molar-refractivity contribution < 1.29 is 0 Å². The summed E-state index contributed by atoms with van der Waals surface area (Å²) in [5, 5.41) is 8.27. The maximum absolute atomic E-state index is 4.48. The van der Waals surface area contributed by atoms with Gasteiger partial charge in [0.25, 0.3) is 0 Å². The van der Waals surface area contributed by atoms with Crippen LogP contribution in [0, 0.1) is 0 Å². The Labute approximate surface area is 130 Å². The zero-order valence-corrected chi connectivity index (χ0v) is 14.8. The third-order valence-electron chi connectivity index (χ3n) is 4.77. The van der Waals surface area contributed by atoms with Crippen LogP contribution in [-0.2, 0) is 6.54 Å². The number of hydrogen-bond donors (Lipinski definition) is 1. The Morgan fingerprint density at radius 2 is 1.90 bits per heavy atom. The molecule has 0 fully saturated rings. The number of likely N-dealkylation sites (N-methyl/N-ethyl adjacent to an activating group) is 1. The third kappa shape index (κ3) is 3.86. The van der Waals surface area contributed by atoms with Crippen LogP contribution < -0.4 is 5.32 Å². The molecule has 4 nitrogen and oxygen atoms in total. The summed E-state index contributed by atoms with van der Waals surface area (Å²) in [6, 6.07) is 2.48. The van der Waals surface area contributed by atoms with Gasteiger partial charge >= 0.3 is 0 Å². The topological polar surface area (TPSA) is 33.1 Å². The van der Waals surface area contributed by atoms with Crippen molar-refractivity contribution >= 4 is 0 Å². The van der Waals surface area contributed by atoms with Gasteiger partial charge in [0.15, 0.2) is 0 Å². The zero-order valence-electron chi connectivity index (χ0n) is 14.8. The summed E-state index contributed by atoms with van der Waals surface area (Å²) in [4.78, 5) is 2.58. The van der Waals surface area contributed by atoms with Crippen molar-refractivity contribution in [2.75, 3.05) is 19.6 Å². The fourth-order valence-corrected chi connectivity index (χ4v) is 3.34. The smallest absolute Gasteiger partial charge is 0.0676 e. The first-order chi connectivity index (χ1) is 10.1. The number of rotatable bonds is 10. The first-order valence-electron chi connectivity index (χ1n) is 8.58. The van der Waals surface area contributed by atoms with Crippen LogP contribution in [0.2, 0.25) is 0 Å². The Morgan fingerprint density at radius 3 is 2.38 bits per heavy atom. The van der Waals surface area contributed by atoms with Crippen LogP contribution in [0.3, 0.4) is 0 Å². The molecule has 4 heteroatoms. The molecule has 21 heavy (non-hydrogen) atoms. The van der Waals surface area contributed by atoms with Gasteiger partial charge in [0.2, 0.25) is 0 Å². The van der Waals surface area contributed by atoms with Crippen LogP contribution in [-0.4, -0.2) is 39.9 Å². The second-order valence-corrected chi connectivity index (χ2v) is 5.84. The monoisotopic (exact) mass is 294 g/mol. The standard InChI is InChI=1S/C17H34N4/c1-7-13-18-16(15-12-14-19-21(15)11-5)17(6,8-2)20(9-3)10-4/h12,14,16,18H,7-11,13H2,1-6H3. The summed E-state index contributed by atoms with van der Waals surface area (Å²) in [5.74, 6) is 0. The van der Waals surface area contributed by atoms with Crippen LogP contribution in [0.15, 0.2) is 12.3 Å². The van der Waals surface area contributed by atoms with Crippen LogP contribution in [0.4, 0.5) is 0 Å². The lowest BCUT2D eigenvalue weighted by molar-refractivity contribution is 0.0664. The molecular formula is C17H34N4. The second kappa shape index (κ2) is 8.54. The van der Waals surface area contributed by atoms with E-state index in [1.165, 1.54) is 5.69 Å². The second-order valence-electron chi connectivity index (χ2n) is 5.84. The minimum Gasteiger partial charge on any atom is -0.307 e. The van der Waals surface area contributed by atoms with E-state index in [9.17, 15) is 0 Å². The highest BCUT2D eigenvalue weighted by molar-refractivity contribution is 5.15. The molecule has 2 atom stereocenters. The molecule has 2 unspecified atom stereocenters. The maximum Gasteiger partial charge on any atom is 0.0676 e. The number of nitrogens with zero attached hydrogens (tertiary/aromatic N) is 3. The lowest BCUT2D eigenvalue weighted by Crippen LogP contribution is -2.55. The fourth-order valence-electron chi connectivity index (χ4n) is 3.34. The highest BCUT2D eigenvalue weighted by Gasteiger charge is 2.39. The molecule has 0 radical (unpaired) electrons. The van der Waals surface area contributed by atoms with E-state index in [1.54, 1.807) is 0 Å². The number of hydrogen-bond acceptors (Lipinski definition) is 3. The lowest BCUT2D eigenvalue weighted by Gasteiger charge is -2.46. The minimum atomic E-state index is 0.103. The normalized spacial score (nSPS) is 16.1. The number of nitrogens with one attached hydrogen (secondary N) is 1. The van der Waals surface area contributed by atoms with Crippen LogP contribution in [0.5, 0.6) is 0 Å². The van der Waals surface area contributed by atoms with Gasteiger partial charge in [-0.2, -0.15) is 5.10 Å². The van der Waals surface area contributed by atoms with E-state index in [0.717, 1.165) is 39.0 Å². The van der Waals surface area contributed by atoms with Gasteiger partial charge in [-0.1, -0.05) is 27.7 Å². The molecule has 0 bridgehead atoms. The van der Waals surface area contributed by atoms with Gasteiger partial charge in [0, 0.05) is 18.3 Å². The van der Waals surface area contributed by atoms with Crippen molar-refractivity contribution in [3.63, 3.8) is 0 Å². The van der Waals surface area contributed by atoms with E-state index >= 15 is 0 Å². The molecule has 1 heterocycles. The van der Waals surface area contributed by atoms with Crippen molar-refractivity contribution in [2.45, 2.75) is 72.5 Å². The highest BCUT2D eigenvalue weighted by atomic mass is 15.3. The Bertz CT molecular complexity index is 397. The molecule has 0 aliphatic carbocycles. The summed E-state index contributed by atoms with van der Waals surface area (Å²) in [7, 11) is 0. The molecule has 0 amide bonds. The highest BCUT2D eigenvalue weighted by Crippen LogP contribution is 2.34. The Morgan fingerprint density at radius 1 is 1.24 bits per heavy atom. The predicted molar refractivity (Wildman–Crippen MR) is 90.6 cm³/mol. The first kappa shape index (κ1) is 18.2. The lowest BCUT2D eigenvalue weighted by atomic mass is 9.84. The van der Waals surface area contributed by atoms with E-state index in [-0.39, 0.29) is 5.54 Å². The van der Waals surface area contributed by atoms with Crippen molar-refractivity contribution in [1.82, 2.24) is 20.0 Å². The van der Waals surface area contributed by atoms with Gasteiger partial charge in [-0.15, -0.1) is 0 Å². The zero-order chi connectivity index (χ0) is 15.9. The number of aryl methyl sites for hydroxylation is 1. The molecule has 1 rings (SSSR count). The van der Waals surface area contributed by atoms with E-state index in [4.69, 9.17) is 0 Å². The number of aromatic nitrogens is 2. The molecule has 1 N–H and O–H groups in total. The van der Waals surface area contributed by atoms with Gasteiger partial charge in [-0.05, 0) is 52.4 Å². The van der Waals surface area contributed by atoms with Gasteiger partial charge in [-0.25, -0.2) is 0 Å². The SMILES string of the molecule is CCCNC(c1ccnn1CC)C(C)(CC)N(CC)CC. The van der Waals surface area contributed by atoms with Crippen molar-refractivity contribution in [2.24, 2.45) is 0 Å². The van der Waals surface area contributed by atoms with Crippen molar-refractivity contribution in [1.29, 1.82) is 0 Å². The minimum absolute atomic E-state index is 0.103. The van der Waals surface area contributed by atoms with Crippen molar-refractivity contribution in [3.05, 3.63) is 18.0 Å². The summed E-state index contributed by atoms with van der Waals surface area (Å²) < 4.78 is 2.13. The van der Waals surface area contributed by atoms with E-state index in [1.807, 2.05) is 6.20 Å². The van der Waals surface area contributed by atoms with Crippen LogP contribution in [0.25, 0.3) is 0 Å². The van der Waals surface area contributed by atoms with Gasteiger partial charge in [0.05, 0.1) is 11.7 Å². The molecule has 1 aromatic rings. The molecule has 0 aliphatic rings. The Kier molecular flexibility index (Phi) is 7.40. The molecule has 0 aromatic carbocycles. The van der Waals surface area contributed by atoms with Crippen LogP contribution in [0.1, 0.15) is 66.1 Å². The Hall–Kier alpha value is -0.870. The summed E-state index contributed by atoms with van der Waals surface area (Å²) >= 11 is 0. The molecule has 122 valence electrons. The van der Waals surface area contributed by atoms with E-state index in [0.29, 0.717) is 6.04 Å². The molecule has 0 saturated carbocycles. The summed E-state index contributed by atoms with van der Waals surface area (Å²) in [5.41, 5.74) is 1.41. The van der Waals surface area contributed by atoms with Gasteiger partial charge in [0.1, 0.15) is 0 Å². The van der Waals surface area contributed by atoms with Crippen molar-refractivity contribution in [3.8, 4) is 0 Å². The molecule has 1 aromatic heterocycles. The predicted octanol–water partition coefficient (Wildman–Crippen LogP) is 3.45. The largest absolute Gasteiger partial charge is 0.307 e. The van der Waals surface area contributed by atoms with E-state index < -0.39 is 0 Å². The summed E-state index contributed by atoms with van der Waals surface area (Å²) in [6.45, 7) is 17.7. The third-order valence-corrected chi connectivity index (χ3v) is 4.77. The molecule has 0 aliphatic heterocycles. The molecule has 0 saturated heterocycles. The van der Waals surface area contributed by atoms with Crippen LogP contribution >= 0.6 is 0 Å². The average molecular weight is 294 g/mol. The van der Waals surface area contributed by atoms with Gasteiger partial charge < -0.3 is 5.32 Å². The van der Waals surface area contributed by atoms with E-state index in [2.05, 4.69) is 67.6 Å². The van der Waals surface area contributed by atoms with Gasteiger partial charge in [-0.3, -0.25) is 9.58 Å². The quantitative estimate of drug-likeness (QED) is 0.717. The fraction of sp³-hybridized carbons (Fsp3) is 0.824. The molecular weight excluding hydrogens is 260 g/mol. The average Bonchev–Trinajstić information content (AvgIpc) is 2.97. The Balaban J connectivity index is 3.21.